The summed E-state index contributed by atoms with van der Waals surface area (Å²) in [5.74, 6) is 0.0244. The number of hydrogen-bond acceptors (Lipinski definition) is 2. The van der Waals surface area contributed by atoms with Crippen molar-refractivity contribution in [1.29, 1.82) is 0 Å². The lowest BCUT2D eigenvalue weighted by Crippen LogP contribution is -2.57. The van der Waals surface area contributed by atoms with Crippen LogP contribution in [0.5, 0.6) is 0 Å². The van der Waals surface area contributed by atoms with E-state index in [2.05, 4.69) is 6.92 Å². The van der Waals surface area contributed by atoms with Crippen LogP contribution in [-0.2, 0) is 9.53 Å². The first-order valence-electron chi connectivity index (χ1n) is 6.18. The second kappa shape index (κ2) is 4.70. The average molecular weight is 229 g/mol. The molecule has 0 saturated carbocycles. The molecular formula is C12H20FNO2. The van der Waals surface area contributed by atoms with E-state index < -0.39 is 12.1 Å². The van der Waals surface area contributed by atoms with Gasteiger partial charge < -0.3 is 9.64 Å². The SMILES string of the molecule is CCC1CCN1C(=O)C1(CF)CCOCC1. The van der Waals surface area contributed by atoms with Gasteiger partial charge in [0.15, 0.2) is 0 Å². The quantitative estimate of drug-likeness (QED) is 0.738. The summed E-state index contributed by atoms with van der Waals surface area (Å²) in [5.41, 5.74) is -0.772. The van der Waals surface area contributed by atoms with Crippen LogP contribution in [0.1, 0.15) is 32.6 Å². The van der Waals surface area contributed by atoms with E-state index in [-0.39, 0.29) is 5.91 Å². The summed E-state index contributed by atoms with van der Waals surface area (Å²) in [6.07, 6.45) is 3.12. The summed E-state index contributed by atoms with van der Waals surface area (Å²) in [5, 5.41) is 0. The molecule has 2 rings (SSSR count). The van der Waals surface area contributed by atoms with Crippen LogP contribution in [0.4, 0.5) is 4.39 Å². The van der Waals surface area contributed by atoms with Gasteiger partial charge in [-0.3, -0.25) is 4.79 Å². The number of carbonyl (C=O) groups excluding carboxylic acids is 1. The molecule has 4 heteroatoms. The fourth-order valence-electron chi connectivity index (χ4n) is 2.60. The van der Waals surface area contributed by atoms with Crippen LogP contribution in [0, 0.1) is 5.41 Å². The van der Waals surface area contributed by atoms with E-state index in [4.69, 9.17) is 4.74 Å². The van der Waals surface area contributed by atoms with Gasteiger partial charge in [0.05, 0.1) is 5.41 Å². The van der Waals surface area contributed by atoms with Crippen LogP contribution in [0.3, 0.4) is 0 Å². The summed E-state index contributed by atoms with van der Waals surface area (Å²) in [7, 11) is 0. The highest BCUT2D eigenvalue weighted by Gasteiger charge is 2.46. The molecule has 2 aliphatic rings. The molecule has 0 aromatic heterocycles. The minimum Gasteiger partial charge on any atom is -0.381 e. The van der Waals surface area contributed by atoms with E-state index in [0.29, 0.717) is 32.1 Å². The zero-order valence-corrected chi connectivity index (χ0v) is 9.88. The number of carbonyl (C=O) groups is 1. The van der Waals surface area contributed by atoms with E-state index in [0.717, 1.165) is 19.4 Å². The molecule has 0 spiro atoms. The molecule has 0 aliphatic carbocycles. The highest BCUT2D eigenvalue weighted by Crippen LogP contribution is 2.36. The van der Waals surface area contributed by atoms with E-state index >= 15 is 0 Å². The normalized spacial score (nSPS) is 28.6. The van der Waals surface area contributed by atoms with Gasteiger partial charge in [-0.05, 0) is 25.7 Å². The Morgan fingerprint density at radius 3 is 2.62 bits per heavy atom. The third-order valence-corrected chi connectivity index (χ3v) is 4.04. The van der Waals surface area contributed by atoms with Crippen LogP contribution in [-0.4, -0.2) is 43.3 Å². The Morgan fingerprint density at radius 1 is 1.50 bits per heavy atom. The minimum atomic E-state index is -0.772. The molecule has 2 heterocycles. The van der Waals surface area contributed by atoms with E-state index in [1.54, 1.807) is 0 Å². The van der Waals surface area contributed by atoms with Gasteiger partial charge in [-0.2, -0.15) is 0 Å². The topological polar surface area (TPSA) is 29.5 Å². The maximum atomic E-state index is 13.2. The van der Waals surface area contributed by atoms with Crippen LogP contribution in [0.15, 0.2) is 0 Å². The molecule has 0 aromatic rings. The van der Waals surface area contributed by atoms with Gasteiger partial charge in [-0.1, -0.05) is 6.92 Å². The number of nitrogens with zero attached hydrogens (tertiary/aromatic N) is 1. The molecule has 0 aromatic carbocycles. The van der Waals surface area contributed by atoms with Crippen molar-refractivity contribution >= 4 is 5.91 Å². The first-order chi connectivity index (χ1) is 7.73. The molecule has 2 saturated heterocycles. The number of ether oxygens (including phenoxy) is 1. The maximum Gasteiger partial charge on any atom is 0.231 e. The van der Waals surface area contributed by atoms with Crippen molar-refractivity contribution < 1.29 is 13.9 Å². The highest BCUT2D eigenvalue weighted by molar-refractivity contribution is 5.84. The van der Waals surface area contributed by atoms with Crippen molar-refractivity contribution in [2.24, 2.45) is 5.41 Å². The zero-order chi connectivity index (χ0) is 11.6. The number of amides is 1. The molecule has 1 atom stereocenters. The Hall–Kier alpha value is -0.640. The number of likely N-dealkylation sites (tertiary alicyclic amines) is 1. The standard InChI is InChI=1S/C12H20FNO2/c1-2-10-3-6-14(10)11(15)12(9-13)4-7-16-8-5-12/h10H,2-9H2,1H3. The molecule has 3 nitrogen and oxygen atoms in total. The Balaban J connectivity index is 2.05. The van der Waals surface area contributed by atoms with Crippen LogP contribution in [0.25, 0.3) is 0 Å². The van der Waals surface area contributed by atoms with E-state index in [9.17, 15) is 9.18 Å². The van der Waals surface area contributed by atoms with Gasteiger partial charge in [0.1, 0.15) is 6.67 Å². The van der Waals surface area contributed by atoms with Crippen LogP contribution < -0.4 is 0 Å². The van der Waals surface area contributed by atoms with Gasteiger partial charge in [-0.25, -0.2) is 4.39 Å². The van der Waals surface area contributed by atoms with Crippen molar-refractivity contribution in [3.8, 4) is 0 Å². The van der Waals surface area contributed by atoms with Crippen molar-refractivity contribution in [1.82, 2.24) is 4.90 Å². The van der Waals surface area contributed by atoms with Crippen molar-refractivity contribution in [2.45, 2.75) is 38.6 Å². The second-order valence-corrected chi connectivity index (χ2v) is 4.88. The lowest BCUT2D eigenvalue weighted by molar-refractivity contribution is -0.157. The Morgan fingerprint density at radius 2 is 2.19 bits per heavy atom. The predicted octanol–water partition coefficient (Wildman–Crippen LogP) is 1.76. The van der Waals surface area contributed by atoms with Gasteiger partial charge in [0, 0.05) is 25.8 Å². The van der Waals surface area contributed by atoms with Gasteiger partial charge in [0.25, 0.3) is 0 Å². The van der Waals surface area contributed by atoms with Crippen molar-refractivity contribution in [2.75, 3.05) is 26.4 Å². The average Bonchev–Trinajstić information content (AvgIpc) is 2.29. The van der Waals surface area contributed by atoms with Crippen molar-refractivity contribution in [3.63, 3.8) is 0 Å². The molecule has 92 valence electrons. The molecule has 0 N–H and O–H groups in total. The van der Waals surface area contributed by atoms with Gasteiger partial charge in [0.2, 0.25) is 5.91 Å². The third kappa shape index (κ3) is 1.83. The Kier molecular flexibility index (Phi) is 3.47. The predicted molar refractivity (Wildman–Crippen MR) is 58.9 cm³/mol. The summed E-state index contributed by atoms with van der Waals surface area (Å²) in [6.45, 7) is 3.37. The molecule has 1 unspecified atom stereocenters. The zero-order valence-electron chi connectivity index (χ0n) is 9.88. The molecule has 0 bridgehead atoms. The number of rotatable bonds is 3. The Labute approximate surface area is 95.9 Å². The lowest BCUT2D eigenvalue weighted by Gasteiger charge is -2.46. The van der Waals surface area contributed by atoms with Crippen LogP contribution >= 0.6 is 0 Å². The molecule has 0 radical (unpaired) electrons. The lowest BCUT2D eigenvalue weighted by atomic mass is 9.78. The first kappa shape index (κ1) is 11.8. The molecule has 2 fully saturated rings. The monoisotopic (exact) mass is 229 g/mol. The number of halogens is 1. The largest absolute Gasteiger partial charge is 0.381 e. The fourth-order valence-corrected chi connectivity index (χ4v) is 2.60. The third-order valence-electron chi connectivity index (χ3n) is 4.04. The summed E-state index contributed by atoms with van der Waals surface area (Å²) < 4.78 is 18.5. The highest BCUT2D eigenvalue weighted by atomic mass is 19.1. The van der Waals surface area contributed by atoms with Gasteiger partial charge >= 0.3 is 0 Å². The number of hydrogen-bond donors (Lipinski definition) is 0. The molecule has 16 heavy (non-hydrogen) atoms. The van der Waals surface area contributed by atoms with Crippen molar-refractivity contribution in [3.05, 3.63) is 0 Å². The fraction of sp³-hybridized carbons (Fsp3) is 0.917. The summed E-state index contributed by atoms with van der Waals surface area (Å²) >= 11 is 0. The molecular weight excluding hydrogens is 209 g/mol. The number of alkyl halides is 1. The maximum absolute atomic E-state index is 13.2. The smallest absolute Gasteiger partial charge is 0.231 e. The summed E-state index contributed by atoms with van der Waals surface area (Å²) in [6, 6.07) is 0.346. The molecule has 1 amide bonds. The molecule has 2 aliphatic heterocycles. The first-order valence-corrected chi connectivity index (χ1v) is 6.18. The summed E-state index contributed by atoms with van der Waals surface area (Å²) in [4.78, 5) is 14.2. The van der Waals surface area contributed by atoms with E-state index in [1.807, 2.05) is 4.90 Å². The Bertz CT molecular complexity index is 262. The second-order valence-electron chi connectivity index (χ2n) is 4.88. The van der Waals surface area contributed by atoms with Gasteiger partial charge in [-0.15, -0.1) is 0 Å². The van der Waals surface area contributed by atoms with Crippen LogP contribution in [0.2, 0.25) is 0 Å². The minimum absolute atomic E-state index is 0.0244. The van der Waals surface area contributed by atoms with E-state index in [1.165, 1.54) is 0 Å².